The van der Waals surface area contributed by atoms with Crippen LogP contribution >= 0.6 is 11.8 Å². The van der Waals surface area contributed by atoms with Crippen LogP contribution in [-0.4, -0.2) is 60.7 Å². The molecule has 0 aliphatic rings. The molecule has 0 saturated heterocycles. The number of hydrogen-bond acceptors (Lipinski definition) is 7. The van der Waals surface area contributed by atoms with Gasteiger partial charge in [-0.25, -0.2) is 0 Å². The minimum Gasteiger partial charge on any atom is -0.481 e. The van der Waals surface area contributed by atoms with E-state index in [1.807, 2.05) is 0 Å². The van der Waals surface area contributed by atoms with Gasteiger partial charge in [-0.15, -0.1) is 10.2 Å². The number of carboxylic acids is 1. The fraction of sp³-hybridized carbons (Fsp3) is 0.444. The lowest BCUT2D eigenvalue weighted by molar-refractivity contribution is -0.133. The van der Waals surface area contributed by atoms with Crippen molar-refractivity contribution in [2.24, 2.45) is 0 Å². The first-order valence-corrected chi connectivity index (χ1v) is 6.33. The van der Waals surface area contributed by atoms with Crippen LogP contribution < -0.4 is 0 Å². The Morgan fingerprint density at radius 3 is 3.05 bits per heavy atom. The van der Waals surface area contributed by atoms with E-state index in [0.717, 1.165) is 11.8 Å². The van der Waals surface area contributed by atoms with Crippen molar-refractivity contribution in [3.05, 3.63) is 6.20 Å². The summed E-state index contributed by atoms with van der Waals surface area (Å²) >= 11 is 1.10. The number of H-pyrrole nitrogens is 1. The molecule has 19 heavy (non-hydrogen) atoms. The molecule has 2 N–H and O–H groups in total. The number of carboxylic acid groups (broad SMARTS) is 1. The Kier molecular flexibility index (Phi) is 4.47. The molecule has 0 aliphatic heterocycles. The number of nitrogens with one attached hydrogen (secondary N) is 1. The number of aromatic nitrogens is 6. The molecule has 2 aromatic heterocycles. The van der Waals surface area contributed by atoms with E-state index in [1.165, 1.54) is 6.20 Å². The number of aromatic amines is 1. The lowest BCUT2D eigenvalue weighted by Crippen LogP contribution is -2.09. The molecule has 0 amide bonds. The predicted molar refractivity (Wildman–Crippen MR) is 65.6 cm³/mol. The first-order valence-electron chi connectivity index (χ1n) is 5.35. The van der Waals surface area contributed by atoms with Gasteiger partial charge < -0.3 is 9.84 Å². The van der Waals surface area contributed by atoms with Gasteiger partial charge in [-0.05, 0) is 0 Å². The van der Waals surface area contributed by atoms with Crippen molar-refractivity contribution in [2.75, 3.05) is 19.5 Å². The molecule has 0 radical (unpaired) electrons. The summed E-state index contributed by atoms with van der Waals surface area (Å²) in [6.45, 7) is 0.969. The van der Waals surface area contributed by atoms with E-state index >= 15 is 0 Å². The van der Waals surface area contributed by atoms with Gasteiger partial charge in [-0.2, -0.15) is 15.4 Å². The second-order valence-electron chi connectivity index (χ2n) is 3.49. The molecule has 0 fully saturated rings. The minimum absolute atomic E-state index is 0.0794. The average molecular weight is 284 g/mol. The van der Waals surface area contributed by atoms with Crippen molar-refractivity contribution in [3.8, 4) is 11.5 Å². The Hall–Kier alpha value is -1.94. The molecule has 10 heteroatoms. The van der Waals surface area contributed by atoms with Crippen LogP contribution in [0, 0.1) is 0 Å². The highest BCUT2D eigenvalue weighted by Crippen LogP contribution is 2.21. The standard InChI is InChI=1S/C9H12N6O3S/c1-18-3-2-15-8(6-4-10-14-11-6)12-13-9(15)19-5-7(16)17/h4H,2-3,5H2,1H3,(H,16,17)(H,10,11,14). The molecule has 0 atom stereocenters. The number of methoxy groups -OCH3 is 1. The zero-order valence-electron chi connectivity index (χ0n) is 10.1. The predicted octanol–water partition coefficient (Wildman–Crippen LogP) is -0.114. The van der Waals surface area contributed by atoms with Crippen LogP contribution in [0.2, 0.25) is 0 Å². The monoisotopic (exact) mass is 284 g/mol. The van der Waals surface area contributed by atoms with Crippen molar-refractivity contribution in [1.82, 2.24) is 30.2 Å². The Labute approximate surface area is 112 Å². The van der Waals surface area contributed by atoms with Crippen LogP contribution in [0.15, 0.2) is 11.4 Å². The van der Waals surface area contributed by atoms with E-state index in [4.69, 9.17) is 9.84 Å². The maximum absolute atomic E-state index is 10.6. The molecule has 102 valence electrons. The molecular formula is C9H12N6O3S. The molecule has 2 heterocycles. The normalized spacial score (nSPS) is 10.8. The number of ether oxygens (including phenoxy) is 1. The summed E-state index contributed by atoms with van der Waals surface area (Å²) in [5.41, 5.74) is 0.547. The number of rotatable bonds is 7. The van der Waals surface area contributed by atoms with E-state index in [0.29, 0.717) is 29.8 Å². The second-order valence-corrected chi connectivity index (χ2v) is 4.43. The fourth-order valence-corrected chi connectivity index (χ4v) is 2.09. The van der Waals surface area contributed by atoms with Gasteiger partial charge in [-0.3, -0.25) is 9.36 Å². The molecule has 0 spiro atoms. The summed E-state index contributed by atoms with van der Waals surface area (Å²) in [6.07, 6.45) is 1.53. The van der Waals surface area contributed by atoms with Crippen LogP contribution in [0.25, 0.3) is 11.5 Å². The topological polar surface area (TPSA) is 119 Å². The SMILES string of the molecule is COCCn1c(SCC(=O)O)nnc1-c1cn[nH]n1. The van der Waals surface area contributed by atoms with Gasteiger partial charge in [0.1, 0.15) is 5.69 Å². The van der Waals surface area contributed by atoms with Gasteiger partial charge in [-0.1, -0.05) is 11.8 Å². The Morgan fingerprint density at radius 1 is 1.58 bits per heavy atom. The fourth-order valence-electron chi connectivity index (χ4n) is 1.40. The Bertz CT molecular complexity index is 540. The van der Waals surface area contributed by atoms with E-state index in [9.17, 15) is 4.79 Å². The molecule has 0 unspecified atom stereocenters. The molecule has 0 saturated carbocycles. The quantitative estimate of drug-likeness (QED) is 0.676. The van der Waals surface area contributed by atoms with Gasteiger partial charge >= 0.3 is 5.97 Å². The number of aliphatic carboxylic acids is 1. The van der Waals surface area contributed by atoms with Gasteiger partial charge in [0.25, 0.3) is 0 Å². The third kappa shape index (κ3) is 3.29. The van der Waals surface area contributed by atoms with Crippen LogP contribution in [0.1, 0.15) is 0 Å². The van der Waals surface area contributed by atoms with Crippen LogP contribution in [0.3, 0.4) is 0 Å². The van der Waals surface area contributed by atoms with Crippen LogP contribution in [0.5, 0.6) is 0 Å². The van der Waals surface area contributed by atoms with E-state index < -0.39 is 5.97 Å². The Morgan fingerprint density at radius 2 is 2.42 bits per heavy atom. The van der Waals surface area contributed by atoms with E-state index in [2.05, 4.69) is 25.6 Å². The van der Waals surface area contributed by atoms with Crippen LogP contribution in [0.4, 0.5) is 0 Å². The van der Waals surface area contributed by atoms with Crippen molar-refractivity contribution in [3.63, 3.8) is 0 Å². The summed E-state index contributed by atoms with van der Waals surface area (Å²) in [5.74, 6) is -0.461. The number of nitrogens with zero attached hydrogens (tertiary/aromatic N) is 5. The second kappa shape index (κ2) is 6.29. The van der Waals surface area contributed by atoms with Gasteiger partial charge in [0, 0.05) is 7.11 Å². The molecular weight excluding hydrogens is 272 g/mol. The minimum atomic E-state index is -0.908. The van der Waals surface area contributed by atoms with Gasteiger partial charge in [0.2, 0.25) is 0 Å². The molecule has 9 nitrogen and oxygen atoms in total. The summed E-state index contributed by atoms with van der Waals surface area (Å²) in [6, 6.07) is 0. The third-order valence-corrected chi connectivity index (χ3v) is 3.16. The first kappa shape index (κ1) is 13.5. The highest BCUT2D eigenvalue weighted by atomic mass is 32.2. The average Bonchev–Trinajstić information content (AvgIpc) is 3.02. The Balaban J connectivity index is 2.25. The molecule has 0 aromatic carbocycles. The molecule has 0 aliphatic carbocycles. The summed E-state index contributed by atoms with van der Waals surface area (Å²) < 4.78 is 6.78. The van der Waals surface area contributed by atoms with Gasteiger partial charge in [0.05, 0.1) is 25.1 Å². The molecule has 2 rings (SSSR count). The summed E-state index contributed by atoms with van der Waals surface area (Å²) in [7, 11) is 1.59. The lowest BCUT2D eigenvalue weighted by Gasteiger charge is -2.07. The molecule has 0 bridgehead atoms. The highest BCUT2D eigenvalue weighted by Gasteiger charge is 2.16. The highest BCUT2D eigenvalue weighted by molar-refractivity contribution is 7.99. The van der Waals surface area contributed by atoms with E-state index in [-0.39, 0.29) is 5.75 Å². The largest absolute Gasteiger partial charge is 0.481 e. The molecule has 2 aromatic rings. The zero-order chi connectivity index (χ0) is 13.7. The van der Waals surface area contributed by atoms with Crippen molar-refractivity contribution in [1.29, 1.82) is 0 Å². The van der Waals surface area contributed by atoms with Crippen molar-refractivity contribution >= 4 is 17.7 Å². The van der Waals surface area contributed by atoms with Crippen molar-refractivity contribution in [2.45, 2.75) is 11.7 Å². The maximum Gasteiger partial charge on any atom is 0.313 e. The smallest absolute Gasteiger partial charge is 0.313 e. The number of hydrogen-bond donors (Lipinski definition) is 2. The summed E-state index contributed by atoms with van der Waals surface area (Å²) in [5, 5.41) is 27.3. The third-order valence-electron chi connectivity index (χ3n) is 2.20. The lowest BCUT2D eigenvalue weighted by atomic mass is 10.4. The van der Waals surface area contributed by atoms with Crippen LogP contribution in [-0.2, 0) is 16.1 Å². The summed E-state index contributed by atoms with van der Waals surface area (Å²) in [4.78, 5) is 10.6. The number of thioether (sulfide) groups is 1. The zero-order valence-corrected chi connectivity index (χ0v) is 10.9. The maximum atomic E-state index is 10.6. The van der Waals surface area contributed by atoms with Gasteiger partial charge in [0.15, 0.2) is 11.0 Å². The number of carbonyl (C=O) groups is 1. The van der Waals surface area contributed by atoms with E-state index in [1.54, 1.807) is 11.7 Å². The van der Waals surface area contributed by atoms with Crippen molar-refractivity contribution < 1.29 is 14.6 Å². The first-order chi connectivity index (χ1) is 9.22.